The van der Waals surface area contributed by atoms with Gasteiger partial charge in [-0.05, 0) is 48.0 Å². The highest BCUT2D eigenvalue weighted by atomic mass is 32.1. The Labute approximate surface area is 111 Å². The van der Waals surface area contributed by atoms with Crippen LogP contribution in [-0.4, -0.2) is 14.8 Å². The average molecular weight is 257 g/mol. The highest BCUT2D eigenvalue weighted by Gasteiger charge is 2.55. The molecule has 1 N–H and O–H groups in total. The first-order valence-electron chi connectivity index (χ1n) is 6.46. The number of aromatic amines is 1. The van der Waals surface area contributed by atoms with Crippen LogP contribution in [0.25, 0.3) is 0 Å². The summed E-state index contributed by atoms with van der Waals surface area (Å²) in [7, 11) is 2.01. The second-order valence-electron chi connectivity index (χ2n) is 5.40. The predicted molar refractivity (Wildman–Crippen MR) is 72.1 cm³/mol. The summed E-state index contributed by atoms with van der Waals surface area (Å²) in [6, 6.07) is 8.85. The van der Waals surface area contributed by atoms with Crippen LogP contribution >= 0.6 is 12.2 Å². The summed E-state index contributed by atoms with van der Waals surface area (Å²) in [4.78, 5) is 0. The largest absolute Gasteiger partial charge is 0.307 e. The molecular weight excluding hydrogens is 242 g/mol. The zero-order chi connectivity index (χ0) is 12.3. The van der Waals surface area contributed by atoms with Gasteiger partial charge in [0.2, 0.25) is 0 Å². The molecule has 0 bridgehead atoms. The molecule has 4 heteroatoms. The molecule has 3 unspecified atom stereocenters. The van der Waals surface area contributed by atoms with Crippen LogP contribution in [-0.2, 0) is 13.5 Å². The second-order valence-corrected chi connectivity index (χ2v) is 5.79. The molecule has 0 radical (unpaired) electrons. The molecule has 3 atom stereocenters. The lowest BCUT2D eigenvalue weighted by atomic mass is 9.92. The van der Waals surface area contributed by atoms with E-state index >= 15 is 0 Å². The standard InChI is InChI=1S/C14H15N3S/c1-17-13(15-16-14(17)18)12-10-7-6-8-4-2-3-5-9(8)11(10)12/h2-5,10-12H,6-7H2,1H3,(H,16,18). The SMILES string of the molecule is Cn1c(C2C3CCc4ccccc4C32)n[nH]c1=S. The van der Waals surface area contributed by atoms with E-state index in [9.17, 15) is 0 Å². The highest BCUT2D eigenvalue weighted by Crippen LogP contribution is 2.64. The molecule has 3 nitrogen and oxygen atoms in total. The van der Waals surface area contributed by atoms with E-state index in [0.29, 0.717) is 11.8 Å². The molecule has 1 aromatic carbocycles. The number of fused-ring (bicyclic) bond motifs is 3. The normalized spacial score (nSPS) is 28.6. The van der Waals surface area contributed by atoms with Gasteiger partial charge in [-0.15, -0.1) is 0 Å². The first kappa shape index (κ1) is 10.5. The van der Waals surface area contributed by atoms with Crippen molar-refractivity contribution in [3.63, 3.8) is 0 Å². The van der Waals surface area contributed by atoms with Crippen molar-refractivity contribution in [3.8, 4) is 0 Å². The van der Waals surface area contributed by atoms with Crippen LogP contribution in [0.2, 0.25) is 0 Å². The Morgan fingerprint density at radius 2 is 2.17 bits per heavy atom. The van der Waals surface area contributed by atoms with E-state index in [2.05, 4.69) is 34.5 Å². The topological polar surface area (TPSA) is 33.6 Å². The molecule has 2 aliphatic rings. The van der Waals surface area contributed by atoms with E-state index in [1.165, 1.54) is 24.0 Å². The molecule has 2 aromatic rings. The van der Waals surface area contributed by atoms with Gasteiger partial charge in [-0.1, -0.05) is 24.3 Å². The van der Waals surface area contributed by atoms with Gasteiger partial charge in [-0.2, -0.15) is 5.10 Å². The number of nitrogens with one attached hydrogen (secondary N) is 1. The van der Waals surface area contributed by atoms with Gasteiger partial charge in [0.25, 0.3) is 0 Å². The van der Waals surface area contributed by atoms with Gasteiger partial charge in [0.05, 0.1) is 0 Å². The number of hydrogen-bond acceptors (Lipinski definition) is 2. The molecule has 1 heterocycles. The van der Waals surface area contributed by atoms with Gasteiger partial charge in [0.15, 0.2) is 4.77 Å². The van der Waals surface area contributed by atoms with Gasteiger partial charge >= 0.3 is 0 Å². The molecule has 1 saturated carbocycles. The number of aromatic nitrogens is 3. The fourth-order valence-corrected chi connectivity index (χ4v) is 3.71. The molecule has 2 aliphatic carbocycles. The number of aryl methyl sites for hydroxylation is 1. The molecule has 18 heavy (non-hydrogen) atoms. The van der Waals surface area contributed by atoms with Gasteiger partial charge < -0.3 is 4.57 Å². The molecule has 0 amide bonds. The van der Waals surface area contributed by atoms with Crippen LogP contribution in [0.4, 0.5) is 0 Å². The molecule has 4 rings (SSSR count). The minimum absolute atomic E-state index is 0.562. The number of H-pyrrole nitrogens is 1. The summed E-state index contributed by atoms with van der Waals surface area (Å²) >= 11 is 5.21. The molecule has 0 spiro atoms. The van der Waals surface area contributed by atoms with E-state index in [4.69, 9.17) is 12.2 Å². The Kier molecular flexibility index (Phi) is 2.07. The second kappa shape index (κ2) is 3.54. The Hall–Kier alpha value is -1.42. The number of nitrogens with zero attached hydrogens (tertiary/aromatic N) is 2. The van der Waals surface area contributed by atoms with Crippen molar-refractivity contribution in [1.82, 2.24) is 14.8 Å². The van der Waals surface area contributed by atoms with Crippen molar-refractivity contribution < 1.29 is 0 Å². The maximum absolute atomic E-state index is 5.21. The van der Waals surface area contributed by atoms with Gasteiger partial charge in [0, 0.05) is 13.0 Å². The summed E-state index contributed by atoms with van der Waals surface area (Å²) in [6.07, 6.45) is 2.49. The highest BCUT2D eigenvalue weighted by molar-refractivity contribution is 7.71. The van der Waals surface area contributed by atoms with Crippen molar-refractivity contribution in [2.45, 2.75) is 24.7 Å². The number of hydrogen-bond donors (Lipinski definition) is 1. The Morgan fingerprint density at radius 1 is 1.33 bits per heavy atom. The third kappa shape index (κ3) is 1.29. The first-order valence-corrected chi connectivity index (χ1v) is 6.87. The van der Waals surface area contributed by atoms with Crippen LogP contribution < -0.4 is 0 Å². The summed E-state index contributed by atoms with van der Waals surface area (Å²) in [6.45, 7) is 0. The van der Waals surface area contributed by atoms with Crippen LogP contribution in [0.5, 0.6) is 0 Å². The molecule has 1 aromatic heterocycles. The van der Waals surface area contributed by atoms with Crippen LogP contribution in [0.3, 0.4) is 0 Å². The maximum atomic E-state index is 5.21. The van der Waals surface area contributed by atoms with E-state index in [1.807, 2.05) is 11.6 Å². The van der Waals surface area contributed by atoms with Crippen molar-refractivity contribution in [1.29, 1.82) is 0 Å². The third-order valence-corrected chi connectivity index (χ3v) is 4.91. The van der Waals surface area contributed by atoms with Crippen LogP contribution in [0.15, 0.2) is 24.3 Å². The Bertz CT molecular complexity index is 670. The maximum Gasteiger partial charge on any atom is 0.194 e. The Balaban J connectivity index is 1.77. The fourth-order valence-electron chi connectivity index (χ4n) is 3.58. The minimum Gasteiger partial charge on any atom is -0.307 e. The monoisotopic (exact) mass is 257 g/mol. The zero-order valence-electron chi connectivity index (χ0n) is 10.3. The van der Waals surface area contributed by atoms with E-state index < -0.39 is 0 Å². The molecule has 0 aliphatic heterocycles. The summed E-state index contributed by atoms with van der Waals surface area (Å²) < 4.78 is 2.75. The first-order chi connectivity index (χ1) is 8.77. The molecular formula is C14H15N3S. The van der Waals surface area contributed by atoms with E-state index in [0.717, 1.165) is 16.5 Å². The Morgan fingerprint density at radius 3 is 2.94 bits per heavy atom. The fraction of sp³-hybridized carbons (Fsp3) is 0.429. The molecule has 92 valence electrons. The van der Waals surface area contributed by atoms with Gasteiger partial charge in [-0.3, -0.25) is 5.10 Å². The summed E-state index contributed by atoms with van der Waals surface area (Å²) in [5.74, 6) is 3.13. The summed E-state index contributed by atoms with van der Waals surface area (Å²) in [5.41, 5.74) is 3.06. The minimum atomic E-state index is 0.562. The van der Waals surface area contributed by atoms with Crippen molar-refractivity contribution >= 4 is 12.2 Å². The van der Waals surface area contributed by atoms with Gasteiger partial charge in [0.1, 0.15) is 5.82 Å². The number of benzene rings is 1. The smallest absolute Gasteiger partial charge is 0.194 e. The molecule has 1 fully saturated rings. The summed E-state index contributed by atoms with van der Waals surface area (Å²) in [5, 5.41) is 7.33. The van der Waals surface area contributed by atoms with E-state index in [1.54, 1.807) is 0 Å². The lowest BCUT2D eigenvalue weighted by molar-refractivity contribution is 0.647. The van der Waals surface area contributed by atoms with Crippen LogP contribution in [0, 0.1) is 10.7 Å². The van der Waals surface area contributed by atoms with Crippen LogP contribution in [0.1, 0.15) is 35.2 Å². The lowest BCUT2D eigenvalue weighted by Crippen LogP contribution is -2.00. The van der Waals surface area contributed by atoms with Crippen molar-refractivity contribution in [2.75, 3.05) is 0 Å². The number of rotatable bonds is 1. The van der Waals surface area contributed by atoms with Crippen molar-refractivity contribution in [3.05, 3.63) is 46.0 Å². The lowest BCUT2D eigenvalue weighted by Gasteiger charge is -2.13. The van der Waals surface area contributed by atoms with E-state index in [-0.39, 0.29) is 0 Å². The van der Waals surface area contributed by atoms with Crippen molar-refractivity contribution in [2.24, 2.45) is 13.0 Å². The van der Waals surface area contributed by atoms with Gasteiger partial charge in [-0.25, -0.2) is 0 Å². The predicted octanol–water partition coefficient (Wildman–Crippen LogP) is 2.92. The average Bonchev–Trinajstić information content (AvgIpc) is 3.05. The third-order valence-electron chi connectivity index (χ3n) is 4.54. The zero-order valence-corrected chi connectivity index (χ0v) is 11.1. The molecule has 0 saturated heterocycles. The quantitative estimate of drug-likeness (QED) is 0.797.